The molecule has 0 unspecified atom stereocenters. The van der Waals surface area contributed by atoms with Crippen LogP contribution in [0.1, 0.15) is 12.0 Å². The minimum atomic E-state index is -0.468. The maximum atomic E-state index is 13.7. The largest absolute Gasteiger partial charge is 0.494 e. The van der Waals surface area contributed by atoms with Crippen molar-refractivity contribution in [1.82, 2.24) is 10.2 Å². The minimum absolute atomic E-state index is 0.150. The van der Waals surface area contributed by atoms with Gasteiger partial charge in [0.1, 0.15) is 0 Å². The summed E-state index contributed by atoms with van der Waals surface area (Å²) in [5.41, 5.74) is 1.34. The van der Waals surface area contributed by atoms with E-state index in [0.717, 1.165) is 0 Å². The number of carbonyl (C=O) groups is 2. The Labute approximate surface area is 152 Å². The maximum Gasteiger partial charge on any atom is 0.319 e. The van der Waals surface area contributed by atoms with Crippen molar-refractivity contribution >= 4 is 17.6 Å². The van der Waals surface area contributed by atoms with Crippen LogP contribution in [0, 0.1) is 5.82 Å². The van der Waals surface area contributed by atoms with Gasteiger partial charge < -0.3 is 20.3 Å². The lowest BCUT2D eigenvalue weighted by Gasteiger charge is -2.18. The average molecular weight is 359 g/mol. The fourth-order valence-corrected chi connectivity index (χ4v) is 2.34. The number of anilines is 1. The molecule has 0 radical (unpaired) electrons. The SMILES string of the molecule is COc1ccc(CN(C)C(=O)CCNC(=O)Nc2ccccc2)cc1F. The van der Waals surface area contributed by atoms with Crippen LogP contribution in [0.5, 0.6) is 5.75 Å². The third kappa shape index (κ3) is 5.77. The van der Waals surface area contributed by atoms with Crippen molar-refractivity contribution in [3.63, 3.8) is 0 Å². The van der Waals surface area contributed by atoms with E-state index >= 15 is 0 Å². The second-order valence-electron chi connectivity index (χ2n) is 5.72. The van der Waals surface area contributed by atoms with Gasteiger partial charge in [-0.1, -0.05) is 24.3 Å². The number of urea groups is 1. The highest BCUT2D eigenvalue weighted by molar-refractivity contribution is 5.89. The third-order valence-electron chi connectivity index (χ3n) is 3.72. The van der Waals surface area contributed by atoms with E-state index in [2.05, 4.69) is 10.6 Å². The zero-order valence-corrected chi connectivity index (χ0v) is 14.8. The van der Waals surface area contributed by atoms with Crippen molar-refractivity contribution in [2.45, 2.75) is 13.0 Å². The van der Waals surface area contributed by atoms with Crippen LogP contribution in [0.15, 0.2) is 48.5 Å². The van der Waals surface area contributed by atoms with E-state index in [0.29, 0.717) is 11.3 Å². The number of para-hydroxylation sites is 1. The number of nitrogens with one attached hydrogen (secondary N) is 2. The Bertz CT molecular complexity index is 753. The lowest BCUT2D eigenvalue weighted by atomic mass is 10.2. The van der Waals surface area contributed by atoms with Crippen molar-refractivity contribution in [3.8, 4) is 5.75 Å². The number of rotatable bonds is 7. The summed E-state index contributed by atoms with van der Waals surface area (Å²) < 4.78 is 18.6. The van der Waals surface area contributed by atoms with E-state index in [4.69, 9.17) is 4.74 Å². The summed E-state index contributed by atoms with van der Waals surface area (Å²) in [7, 11) is 3.03. The summed E-state index contributed by atoms with van der Waals surface area (Å²) in [6.07, 6.45) is 0.150. The smallest absolute Gasteiger partial charge is 0.319 e. The van der Waals surface area contributed by atoms with Gasteiger partial charge in [-0.05, 0) is 29.8 Å². The van der Waals surface area contributed by atoms with Crippen LogP contribution in [0.4, 0.5) is 14.9 Å². The maximum absolute atomic E-state index is 13.7. The molecule has 6 nitrogen and oxygen atoms in total. The molecule has 2 N–H and O–H groups in total. The number of carbonyl (C=O) groups excluding carboxylic acids is 2. The molecule has 0 atom stereocenters. The average Bonchev–Trinajstić information content (AvgIpc) is 2.62. The number of ether oxygens (including phenoxy) is 1. The Balaban J connectivity index is 1.75. The van der Waals surface area contributed by atoms with Gasteiger partial charge in [-0.25, -0.2) is 9.18 Å². The fourth-order valence-electron chi connectivity index (χ4n) is 2.34. The molecular weight excluding hydrogens is 337 g/mol. The molecule has 2 aromatic rings. The van der Waals surface area contributed by atoms with E-state index in [1.807, 2.05) is 18.2 Å². The highest BCUT2D eigenvalue weighted by Crippen LogP contribution is 2.18. The second kappa shape index (κ2) is 9.41. The van der Waals surface area contributed by atoms with Crippen molar-refractivity contribution in [2.75, 3.05) is 26.0 Å². The van der Waals surface area contributed by atoms with Crippen molar-refractivity contribution < 1.29 is 18.7 Å². The van der Waals surface area contributed by atoms with Crippen LogP contribution in [-0.2, 0) is 11.3 Å². The molecule has 0 aliphatic rings. The zero-order valence-electron chi connectivity index (χ0n) is 14.8. The molecule has 0 heterocycles. The van der Waals surface area contributed by atoms with Crippen molar-refractivity contribution in [1.29, 1.82) is 0 Å². The van der Waals surface area contributed by atoms with Crippen molar-refractivity contribution in [2.24, 2.45) is 0 Å². The molecule has 26 heavy (non-hydrogen) atoms. The molecule has 7 heteroatoms. The van der Waals surface area contributed by atoms with Gasteiger partial charge in [-0.2, -0.15) is 0 Å². The summed E-state index contributed by atoms with van der Waals surface area (Å²) in [6, 6.07) is 13.2. The first kappa shape index (κ1) is 19.2. The number of hydrogen-bond donors (Lipinski definition) is 2. The molecule has 2 rings (SSSR count). The van der Waals surface area contributed by atoms with Crippen LogP contribution in [0.3, 0.4) is 0 Å². The van der Waals surface area contributed by atoms with Gasteiger partial charge in [0.05, 0.1) is 7.11 Å². The summed E-state index contributed by atoms with van der Waals surface area (Å²) in [6.45, 7) is 0.481. The molecule has 0 saturated heterocycles. The fraction of sp³-hybridized carbons (Fsp3) is 0.263. The topological polar surface area (TPSA) is 70.7 Å². The molecule has 2 aromatic carbocycles. The van der Waals surface area contributed by atoms with Gasteiger partial charge in [0.15, 0.2) is 11.6 Å². The molecule has 0 saturated carbocycles. The number of hydrogen-bond acceptors (Lipinski definition) is 3. The molecule has 3 amide bonds. The molecule has 0 spiro atoms. The van der Waals surface area contributed by atoms with Gasteiger partial charge >= 0.3 is 6.03 Å². The summed E-state index contributed by atoms with van der Waals surface area (Å²) in [5, 5.41) is 5.30. The molecule has 138 valence electrons. The summed E-state index contributed by atoms with van der Waals surface area (Å²) in [5.74, 6) is -0.456. The number of nitrogens with zero attached hydrogens (tertiary/aromatic N) is 1. The normalized spacial score (nSPS) is 10.1. The predicted molar refractivity (Wildman–Crippen MR) is 97.5 cm³/mol. The van der Waals surface area contributed by atoms with E-state index in [9.17, 15) is 14.0 Å². The van der Waals surface area contributed by atoms with E-state index < -0.39 is 5.82 Å². The van der Waals surface area contributed by atoms with E-state index in [1.54, 1.807) is 25.2 Å². The number of amides is 3. The molecule has 0 fully saturated rings. The lowest BCUT2D eigenvalue weighted by molar-refractivity contribution is -0.130. The van der Waals surface area contributed by atoms with Crippen LogP contribution in [-0.4, -0.2) is 37.5 Å². The third-order valence-corrected chi connectivity index (χ3v) is 3.72. The van der Waals surface area contributed by atoms with Gasteiger partial charge in [0.2, 0.25) is 5.91 Å². The summed E-state index contributed by atoms with van der Waals surface area (Å²) in [4.78, 5) is 25.4. The monoisotopic (exact) mass is 359 g/mol. The number of methoxy groups -OCH3 is 1. The Morgan fingerprint density at radius 2 is 1.88 bits per heavy atom. The highest BCUT2D eigenvalue weighted by atomic mass is 19.1. The predicted octanol–water partition coefficient (Wildman–Crippen LogP) is 3.00. The Morgan fingerprint density at radius 3 is 2.54 bits per heavy atom. The van der Waals surface area contributed by atoms with E-state index in [1.165, 1.54) is 24.1 Å². The van der Waals surface area contributed by atoms with Crippen LogP contribution >= 0.6 is 0 Å². The van der Waals surface area contributed by atoms with Crippen molar-refractivity contribution in [3.05, 3.63) is 59.9 Å². The molecule has 0 aromatic heterocycles. The number of benzene rings is 2. The zero-order chi connectivity index (χ0) is 18.9. The van der Waals surface area contributed by atoms with Gasteiger partial charge in [0.25, 0.3) is 0 Å². The first-order chi connectivity index (χ1) is 12.5. The lowest BCUT2D eigenvalue weighted by Crippen LogP contribution is -2.34. The van der Waals surface area contributed by atoms with Gasteiger partial charge in [-0.15, -0.1) is 0 Å². The Kier molecular flexibility index (Phi) is 6.96. The number of halogens is 1. The van der Waals surface area contributed by atoms with Crippen LogP contribution in [0.2, 0.25) is 0 Å². The van der Waals surface area contributed by atoms with Crippen LogP contribution in [0.25, 0.3) is 0 Å². The first-order valence-corrected chi connectivity index (χ1v) is 8.16. The molecular formula is C19H22FN3O3. The minimum Gasteiger partial charge on any atom is -0.494 e. The Hall–Kier alpha value is -3.09. The standard InChI is InChI=1S/C19H22FN3O3/c1-23(13-14-8-9-17(26-2)16(20)12-14)18(24)10-11-21-19(25)22-15-6-4-3-5-7-15/h3-9,12H,10-11,13H2,1-2H3,(H2,21,22,25). The molecule has 0 bridgehead atoms. The quantitative estimate of drug-likeness (QED) is 0.798. The Morgan fingerprint density at radius 1 is 1.15 bits per heavy atom. The molecule has 0 aliphatic heterocycles. The summed E-state index contributed by atoms with van der Waals surface area (Å²) >= 11 is 0. The second-order valence-corrected chi connectivity index (χ2v) is 5.72. The first-order valence-electron chi connectivity index (χ1n) is 8.16. The van der Waals surface area contributed by atoms with Gasteiger partial charge in [-0.3, -0.25) is 4.79 Å². The van der Waals surface area contributed by atoms with E-state index in [-0.39, 0.29) is 37.2 Å². The highest BCUT2D eigenvalue weighted by Gasteiger charge is 2.11. The molecule has 0 aliphatic carbocycles. The van der Waals surface area contributed by atoms with Gasteiger partial charge in [0, 0.05) is 32.2 Å². The van der Waals surface area contributed by atoms with Crippen LogP contribution < -0.4 is 15.4 Å².